The smallest absolute Gasteiger partial charge is 0.225 e. The van der Waals surface area contributed by atoms with Crippen molar-refractivity contribution in [1.29, 1.82) is 0 Å². The van der Waals surface area contributed by atoms with E-state index in [2.05, 4.69) is 15.1 Å². The minimum Gasteiger partial charge on any atom is -0.367 e. The van der Waals surface area contributed by atoms with E-state index in [1.165, 1.54) is 11.6 Å². The molecule has 3 rings (SSSR count). The highest BCUT2D eigenvalue weighted by atomic mass is 19.1. The van der Waals surface area contributed by atoms with E-state index in [0.29, 0.717) is 12.1 Å². The molecule has 1 fully saturated rings. The van der Waals surface area contributed by atoms with Gasteiger partial charge >= 0.3 is 0 Å². The molecule has 2 aromatic carbocycles. The Morgan fingerprint density at radius 3 is 2.40 bits per heavy atom. The summed E-state index contributed by atoms with van der Waals surface area (Å²) in [7, 11) is 0. The van der Waals surface area contributed by atoms with E-state index in [4.69, 9.17) is 0 Å². The molecule has 0 aliphatic carbocycles. The van der Waals surface area contributed by atoms with Gasteiger partial charge in [-0.1, -0.05) is 29.8 Å². The number of halogens is 1. The average molecular weight is 341 g/mol. The summed E-state index contributed by atoms with van der Waals surface area (Å²) in [6.45, 7) is 5.98. The van der Waals surface area contributed by atoms with Crippen LogP contribution in [-0.4, -0.2) is 43.5 Å². The van der Waals surface area contributed by atoms with Crippen molar-refractivity contribution in [2.75, 3.05) is 42.9 Å². The zero-order chi connectivity index (χ0) is 17.6. The summed E-state index contributed by atoms with van der Waals surface area (Å²) in [5, 5.41) is 2.93. The minimum atomic E-state index is -0.173. The highest BCUT2D eigenvalue weighted by Gasteiger charge is 2.19. The second-order valence-corrected chi connectivity index (χ2v) is 6.44. The van der Waals surface area contributed by atoms with Crippen LogP contribution in [0.25, 0.3) is 0 Å². The Hall–Kier alpha value is -2.40. The molecule has 132 valence electrons. The maximum absolute atomic E-state index is 13.8. The SMILES string of the molecule is Cc1ccc(NC(=O)CCN2CCN(c3ccccc3F)CC2)cc1. The molecule has 0 aromatic heterocycles. The normalized spacial score (nSPS) is 15.2. The molecule has 0 atom stereocenters. The van der Waals surface area contributed by atoms with Gasteiger partial charge in [0.05, 0.1) is 5.69 Å². The molecule has 1 aliphatic heterocycles. The fraction of sp³-hybridized carbons (Fsp3) is 0.350. The first kappa shape index (κ1) is 17.4. The number of piperazine rings is 1. The van der Waals surface area contributed by atoms with Gasteiger partial charge in [0, 0.05) is 44.8 Å². The predicted molar refractivity (Wildman–Crippen MR) is 99.5 cm³/mol. The highest BCUT2D eigenvalue weighted by Crippen LogP contribution is 2.20. The van der Waals surface area contributed by atoms with E-state index in [0.717, 1.165) is 38.4 Å². The van der Waals surface area contributed by atoms with E-state index >= 15 is 0 Å². The third kappa shape index (κ3) is 4.79. The summed E-state index contributed by atoms with van der Waals surface area (Å²) >= 11 is 0. The summed E-state index contributed by atoms with van der Waals surface area (Å²) < 4.78 is 13.8. The van der Waals surface area contributed by atoms with Gasteiger partial charge < -0.3 is 10.2 Å². The number of hydrogen-bond acceptors (Lipinski definition) is 3. The van der Waals surface area contributed by atoms with Gasteiger partial charge in [0.2, 0.25) is 5.91 Å². The molecular formula is C20H24FN3O. The zero-order valence-electron chi connectivity index (χ0n) is 14.5. The molecule has 1 saturated heterocycles. The second kappa shape index (κ2) is 8.12. The van der Waals surface area contributed by atoms with Gasteiger partial charge in [-0.3, -0.25) is 9.69 Å². The van der Waals surface area contributed by atoms with Gasteiger partial charge in [-0.15, -0.1) is 0 Å². The number of nitrogens with one attached hydrogen (secondary N) is 1. The van der Waals surface area contributed by atoms with Crippen LogP contribution in [0.2, 0.25) is 0 Å². The van der Waals surface area contributed by atoms with Crippen LogP contribution in [-0.2, 0) is 4.79 Å². The topological polar surface area (TPSA) is 35.6 Å². The zero-order valence-corrected chi connectivity index (χ0v) is 14.5. The van der Waals surface area contributed by atoms with Crippen LogP contribution in [0.4, 0.5) is 15.8 Å². The van der Waals surface area contributed by atoms with Crippen LogP contribution >= 0.6 is 0 Å². The van der Waals surface area contributed by atoms with Crippen LogP contribution in [0, 0.1) is 12.7 Å². The molecular weight excluding hydrogens is 317 g/mol. The summed E-state index contributed by atoms with van der Waals surface area (Å²) in [6, 6.07) is 14.7. The van der Waals surface area contributed by atoms with Gasteiger partial charge in [0.1, 0.15) is 5.82 Å². The minimum absolute atomic E-state index is 0.0281. The lowest BCUT2D eigenvalue weighted by Gasteiger charge is -2.36. The van der Waals surface area contributed by atoms with E-state index in [9.17, 15) is 9.18 Å². The molecule has 0 saturated carbocycles. The number of carbonyl (C=O) groups is 1. The molecule has 5 heteroatoms. The largest absolute Gasteiger partial charge is 0.367 e. The van der Waals surface area contributed by atoms with Gasteiger partial charge in [-0.25, -0.2) is 4.39 Å². The van der Waals surface area contributed by atoms with E-state index in [-0.39, 0.29) is 11.7 Å². The first-order chi connectivity index (χ1) is 12.1. The van der Waals surface area contributed by atoms with Crippen LogP contribution in [0.1, 0.15) is 12.0 Å². The van der Waals surface area contributed by atoms with E-state index in [1.54, 1.807) is 6.07 Å². The summed E-state index contributed by atoms with van der Waals surface area (Å²) in [6.07, 6.45) is 0.466. The molecule has 1 heterocycles. The first-order valence-corrected chi connectivity index (χ1v) is 8.70. The fourth-order valence-corrected chi connectivity index (χ4v) is 3.04. The lowest BCUT2D eigenvalue weighted by molar-refractivity contribution is -0.116. The van der Waals surface area contributed by atoms with Crippen LogP contribution in [0.3, 0.4) is 0 Å². The highest BCUT2D eigenvalue weighted by molar-refractivity contribution is 5.90. The molecule has 0 radical (unpaired) electrons. The van der Waals surface area contributed by atoms with Gasteiger partial charge in [-0.2, -0.15) is 0 Å². The molecule has 2 aromatic rings. The number of amides is 1. The third-order valence-corrected chi connectivity index (χ3v) is 4.56. The Morgan fingerprint density at radius 1 is 1.04 bits per heavy atom. The molecule has 1 amide bonds. The summed E-state index contributed by atoms with van der Waals surface area (Å²) in [4.78, 5) is 16.4. The Bertz CT molecular complexity index is 709. The van der Waals surface area contributed by atoms with Crippen molar-refractivity contribution >= 4 is 17.3 Å². The van der Waals surface area contributed by atoms with Gasteiger partial charge in [0.15, 0.2) is 0 Å². The molecule has 0 spiro atoms. The molecule has 4 nitrogen and oxygen atoms in total. The number of carbonyl (C=O) groups excluding carboxylic acids is 1. The number of para-hydroxylation sites is 1. The maximum Gasteiger partial charge on any atom is 0.225 e. The van der Waals surface area contributed by atoms with Crippen molar-refractivity contribution < 1.29 is 9.18 Å². The third-order valence-electron chi connectivity index (χ3n) is 4.56. The molecule has 0 bridgehead atoms. The van der Waals surface area contributed by atoms with E-state index < -0.39 is 0 Å². The predicted octanol–water partition coefficient (Wildman–Crippen LogP) is 3.28. The quantitative estimate of drug-likeness (QED) is 0.906. The number of anilines is 2. The van der Waals surface area contributed by atoms with Crippen LogP contribution < -0.4 is 10.2 Å². The van der Waals surface area contributed by atoms with Gasteiger partial charge in [-0.05, 0) is 31.2 Å². The Morgan fingerprint density at radius 2 is 1.72 bits per heavy atom. The number of rotatable bonds is 5. The van der Waals surface area contributed by atoms with Crippen LogP contribution in [0.5, 0.6) is 0 Å². The van der Waals surface area contributed by atoms with E-state index in [1.807, 2.05) is 43.3 Å². The summed E-state index contributed by atoms with van der Waals surface area (Å²) in [5.41, 5.74) is 2.67. The Balaban J connectivity index is 1.42. The number of benzene rings is 2. The average Bonchev–Trinajstić information content (AvgIpc) is 2.63. The molecule has 1 N–H and O–H groups in total. The number of hydrogen-bond donors (Lipinski definition) is 1. The fourth-order valence-electron chi connectivity index (χ4n) is 3.04. The van der Waals surface area contributed by atoms with Crippen molar-refractivity contribution in [3.63, 3.8) is 0 Å². The first-order valence-electron chi connectivity index (χ1n) is 8.70. The Kier molecular flexibility index (Phi) is 5.66. The molecule has 25 heavy (non-hydrogen) atoms. The van der Waals surface area contributed by atoms with Crippen molar-refractivity contribution in [1.82, 2.24) is 4.90 Å². The number of nitrogens with zero attached hydrogens (tertiary/aromatic N) is 2. The van der Waals surface area contributed by atoms with Crippen molar-refractivity contribution in [2.45, 2.75) is 13.3 Å². The monoisotopic (exact) mass is 341 g/mol. The lowest BCUT2D eigenvalue weighted by atomic mass is 10.2. The second-order valence-electron chi connectivity index (χ2n) is 6.44. The Labute approximate surface area is 148 Å². The standard InChI is InChI=1S/C20H24FN3O/c1-16-6-8-17(9-7-16)22-20(25)10-11-23-12-14-24(15-13-23)19-5-3-2-4-18(19)21/h2-9H,10-15H2,1H3,(H,22,25). The number of aryl methyl sites for hydroxylation is 1. The van der Waals surface area contributed by atoms with Crippen molar-refractivity contribution in [3.8, 4) is 0 Å². The lowest BCUT2D eigenvalue weighted by Crippen LogP contribution is -2.47. The van der Waals surface area contributed by atoms with Crippen LogP contribution in [0.15, 0.2) is 48.5 Å². The maximum atomic E-state index is 13.8. The molecule has 1 aliphatic rings. The summed E-state index contributed by atoms with van der Waals surface area (Å²) in [5.74, 6) is -0.145. The van der Waals surface area contributed by atoms with Crippen molar-refractivity contribution in [2.24, 2.45) is 0 Å². The molecule has 0 unspecified atom stereocenters. The van der Waals surface area contributed by atoms with Gasteiger partial charge in [0.25, 0.3) is 0 Å². The van der Waals surface area contributed by atoms with Crippen molar-refractivity contribution in [3.05, 3.63) is 59.9 Å².